The highest BCUT2D eigenvalue weighted by Gasteiger charge is 2.30. The van der Waals surface area contributed by atoms with Crippen molar-refractivity contribution in [1.82, 2.24) is 4.90 Å². The van der Waals surface area contributed by atoms with Gasteiger partial charge in [-0.15, -0.1) is 0 Å². The van der Waals surface area contributed by atoms with Crippen LogP contribution in [0.5, 0.6) is 0 Å². The van der Waals surface area contributed by atoms with E-state index in [0.717, 1.165) is 18.7 Å². The van der Waals surface area contributed by atoms with Crippen molar-refractivity contribution < 1.29 is 4.92 Å². The van der Waals surface area contributed by atoms with E-state index in [-0.39, 0.29) is 10.6 Å². The number of nitrogens with zero attached hydrogens (tertiary/aromatic N) is 2. The van der Waals surface area contributed by atoms with Crippen LogP contribution in [0.3, 0.4) is 0 Å². The average Bonchev–Trinajstić information content (AvgIpc) is 3.18. The predicted molar refractivity (Wildman–Crippen MR) is 87.4 cm³/mol. The van der Waals surface area contributed by atoms with Crippen LogP contribution in [0.15, 0.2) is 39.5 Å². The maximum Gasteiger partial charge on any atom is 0.283 e. The summed E-state index contributed by atoms with van der Waals surface area (Å²) in [6.07, 6.45) is 2.44. The van der Waals surface area contributed by atoms with Gasteiger partial charge in [-0.1, -0.05) is 12.1 Å². The molecule has 0 saturated heterocycles. The lowest BCUT2D eigenvalue weighted by Crippen LogP contribution is -2.25. The molecule has 0 radical (unpaired) electrons. The smallest absolute Gasteiger partial charge is 0.283 e. The van der Waals surface area contributed by atoms with Crippen molar-refractivity contribution in [3.05, 3.63) is 60.7 Å². The first kappa shape index (κ1) is 14.7. The molecule has 21 heavy (non-hydrogen) atoms. The van der Waals surface area contributed by atoms with Crippen molar-refractivity contribution in [1.29, 1.82) is 0 Å². The quantitative estimate of drug-likeness (QED) is 0.555. The Hall–Kier alpha value is -1.24. The molecule has 0 unspecified atom stereocenters. The van der Waals surface area contributed by atoms with Gasteiger partial charge in [0.15, 0.2) is 0 Å². The molecule has 0 N–H and O–H groups in total. The third-order valence-electron chi connectivity index (χ3n) is 3.66. The van der Waals surface area contributed by atoms with Gasteiger partial charge in [0.1, 0.15) is 0 Å². The van der Waals surface area contributed by atoms with Gasteiger partial charge in [-0.05, 0) is 56.7 Å². The zero-order valence-corrected chi connectivity index (χ0v) is 13.8. The number of nitro groups is 1. The van der Waals surface area contributed by atoms with Crippen LogP contribution in [0.1, 0.15) is 24.0 Å². The van der Waals surface area contributed by atoms with E-state index < -0.39 is 0 Å². The van der Waals surface area contributed by atoms with Crippen molar-refractivity contribution >= 4 is 33.0 Å². The van der Waals surface area contributed by atoms with Crippen LogP contribution >= 0.6 is 27.3 Å². The topological polar surface area (TPSA) is 46.4 Å². The molecule has 1 fully saturated rings. The Labute approximate surface area is 135 Å². The first-order chi connectivity index (χ1) is 10.1. The van der Waals surface area contributed by atoms with Crippen molar-refractivity contribution in [2.75, 3.05) is 0 Å². The Kier molecular flexibility index (Phi) is 4.37. The zero-order chi connectivity index (χ0) is 14.8. The Bertz CT molecular complexity index is 641. The summed E-state index contributed by atoms with van der Waals surface area (Å²) >= 11 is 5.10. The molecule has 0 spiro atoms. The summed E-state index contributed by atoms with van der Waals surface area (Å²) in [5, 5.41) is 15.3. The van der Waals surface area contributed by atoms with Crippen LogP contribution in [-0.2, 0) is 13.1 Å². The van der Waals surface area contributed by atoms with Crippen LogP contribution in [0.2, 0.25) is 0 Å². The highest BCUT2D eigenvalue weighted by atomic mass is 79.9. The van der Waals surface area contributed by atoms with Gasteiger partial charge in [0.2, 0.25) is 0 Å². The minimum absolute atomic E-state index is 0.138. The molecule has 0 aliphatic heterocycles. The number of halogens is 1. The normalized spacial score (nSPS) is 14.6. The molecule has 110 valence electrons. The van der Waals surface area contributed by atoms with E-state index >= 15 is 0 Å². The van der Waals surface area contributed by atoms with Crippen LogP contribution in [0.4, 0.5) is 5.69 Å². The summed E-state index contributed by atoms with van der Waals surface area (Å²) in [7, 11) is 0. The van der Waals surface area contributed by atoms with Gasteiger partial charge in [-0.25, -0.2) is 0 Å². The van der Waals surface area contributed by atoms with Gasteiger partial charge < -0.3 is 0 Å². The standard InChI is InChI=1S/C15H15BrN2O2S/c16-15-12(2-1-3-14(15)18(19)20)9-17(13-4-5-13)8-11-6-7-21-10-11/h1-3,6-7,10,13H,4-5,8-9H2. The third-order valence-corrected chi connectivity index (χ3v) is 5.31. The molecule has 1 aromatic heterocycles. The first-order valence-corrected chi connectivity index (χ1v) is 8.55. The monoisotopic (exact) mass is 366 g/mol. The van der Waals surface area contributed by atoms with Gasteiger partial charge in [-0.3, -0.25) is 15.0 Å². The summed E-state index contributed by atoms with van der Waals surface area (Å²) in [6.45, 7) is 1.64. The molecule has 6 heteroatoms. The molecule has 4 nitrogen and oxygen atoms in total. The SMILES string of the molecule is O=[N+]([O-])c1cccc(CN(Cc2ccsc2)C2CC2)c1Br. The van der Waals surface area contributed by atoms with Crippen molar-refractivity contribution in [3.63, 3.8) is 0 Å². The van der Waals surface area contributed by atoms with E-state index in [2.05, 4.69) is 37.7 Å². The second-order valence-electron chi connectivity index (χ2n) is 5.28. The van der Waals surface area contributed by atoms with Gasteiger partial charge >= 0.3 is 0 Å². The molecule has 2 aromatic rings. The first-order valence-electron chi connectivity index (χ1n) is 6.82. The fourth-order valence-corrected chi connectivity index (χ4v) is 3.61. The van der Waals surface area contributed by atoms with E-state index in [0.29, 0.717) is 10.5 Å². The Morgan fingerprint density at radius 3 is 2.76 bits per heavy atom. The van der Waals surface area contributed by atoms with E-state index in [4.69, 9.17) is 0 Å². The lowest BCUT2D eigenvalue weighted by Gasteiger charge is -2.22. The molecule has 3 rings (SSSR count). The number of thiophene rings is 1. The second-order valence-corrected chi connectivity index (χ2v) is 6.85. The van der Waals surface area contributed by atoms with Crippen molar-refractivity contribution in [2.45, 2.75) is 32.0 Å². The molecule has 0 amide bonds. The van der Waals surface area contributed by atoms with Gasteiger partial charge in [0.25, 0.3) is 5.69 Å². The Morgan fingerprint density at radius 1 is 1.33 bits per heavy atom. The fraction of sp³-hybridized carbons (Fsp3) is 0.333. The van der Waals surface area contributed by atoms with E-state index in [1.807, 2.05) is 6.07 Å². The third kappa shape index (κ3) is 3.51. The molecule has 0 bridgehead atoms. The summed E-state index contributed by atoms with van der Waals surface area (Å²) in [5.41, 5.74) is 2.43. The molecule has 0 atom stereocenters. The maximum atomic E-state index is 11.0. The molecule has 1 aliphatic rings. The molecule has 1 saturated carbocycles. The van der Waals surface area contributed by atoms with Crippen LogP contribution in [0, 0.1) is 10.1 Å². The summed E-state index contributed by atoms with van der Waals surface area (Å²) in [5.74, 6) is 0. The number of hydrogen-bond acceptors (Lipinski definition) is 4. The Morgan fingerprint density at radius 2 is 2.14 bits per heavy atom. The fourth-order valence-electron chi connectivity index (χ4n) is 2.42. The van der Waals surface area contributed by atoms with E-state index in [1.54, 1.807) is 17.4 Å². The summed E-state index contributed by atoms with van der Waals surface area (Å²) in [6, 6.07) is 8.00. The highest BCUT2D eigenvalue weighted by Crippen LogP contribution is 2.34. The van der Waals surface area contributed by atoms with Gasteiger partial charge in [0, 0.05) is 25.2 Å². The maximum absolute atomic E-state index is 11.0. The average molecular weight is 367 g/mol. The number of benzene rings is 1. The molecular formula is C15H15BrN2O2S. The molecule has 1 heterocycles. The van der Waals surface area contributed by atoms with Gasteiger partial charge in [0.05, 0.1) is 9.40 Å². The van der Waals surface area contributed by atoms with Crippen molar-refractivity contribution in [2.24, 2.45) is 0 Å². The van der Waals surface area contributed by atoms with E-state index in [1.165, 1.54) is 24.5 Å². The lowest BCUT2D eigenvalue weighted by molar-refractivity contribution is -0.385. The minimum atomic E-state index is -0.339. The lowest BCUT2D eigenvalue weighted by atomic mass is 10.1. The summed E-state index contributed by atoms with van der Waals surface area (Å²) in [4.78, 5) is 13.1. The predicted octanol–water partition coefficient (Wildman–Crippen LogP) is 4.58. The number of rotatable bonds is 6. The zero-order valence-electron chi connectivity index (χ0n) is 11.4. The summed E-state index contributed by atoms with van der Waals surface area (Å²) < 4.78 is 0.603. The highest BCUT2D eigenvalue weighted by molar-refractivity contribution is 9.10. The molecule has 1 aliphatic carbocycles. The molecular weight excluding hydrogens is 352 g/mol. The van der Waals surface area contributed by atoms with Crippen molar-refractivity contribution in [3.8, 4) is 0 Å². The van der Waals surface area contributed by atoms with E-state index in [9.17, 15) is 10.1 Å². The van der Waals surface area contributed by atoms with Crippen LogP contribution in [0.25, 0.3) is 0 Å². The number of hydrogen-bond donors (Lipinski definition) is 0. The largest absolute Gasteiger partial charge is 0.292 e. The number of nitro benzene ring substituents is 1. The second kappa shape index (κ2) is 6.25. The Balaban J connectivity index is 1.80. The van der Waals surface area contributed by atoms with Crippen LogP contribution in [-0.4, -0.2) is 15.9 Å². The molecule has 1 aromatic carbocycles. The van der Waals surface area contributed by atoms with Crippen LogP contribution < -0.4 is 0 Å². The minimum Gasteiger partial charge on any atom is -0.292 e. The van der Waals surface area contributed by atoms with Gasteiger partial charge in [-0.2, -0.15) is 11.3 Å².